The highest BCUT2D eigenvalue weighted by atomic mass is 35.5. The van der Waals surface area contributed by atoms with Crippen LogP contribution in [0.25, 0.3) is 11.0 Å². The largest absolute Gasteiger partial charge is 0.455 e. The lowest BCUT2D eigenvalue weighted by atomic mass is 9.95. The van der Waals surface area contributed by atoms with Gasteiger partial charge in [-0.1, -0.05) is 91.0 Å². The molecule has 0 radical (unpaired) electrons. The van der Waals surface area contributed by atoms with E-state index >= 15 is 0 Å². The van der Waals surface area contributed by atoms with Crippen molar-refractivity contribution in [2.24, 2.45) is 0 Å². The number of nitrogens with zero attached hydrogens (tertiary/aromatic N) is 2. The van der Waals surface area contributed by atoms with Crippen LogP contribution in [0.4, 0.5) is 4.39 Å². The molecule has 218 valence electrons. The average molecular weight is 611 g/mol. The molecule has 1 aliphatic carbocycles. The third-order valence-electron chi connectivity index (χ3n) is 7.77. The van der Waals surface area contributed by atoms with E-state index in [9.17, 15) is 9.18 Å². The minimum absolute atomic E-state index is 0.0163. The number of benzene rings is 3. The van der Waals surface area contributed by atoms with Crippen molar-refractivity contribution in [3.8, 4) is 0 Å². The van der Waals surface area contributed by atoms with Crippen LogP contribution in [0, 0.1) is 5.82 Å². The van der Waals surface area contributed by atoms with Crippen molar-refractivity contribution in [1.29, 1.82) is 0 Å². The molecule has 0 bridgehead atoms. The minimum atomic E-state index is -1.07. The van der Waals surface area contributed by atoms with Gasteiger partial charge in [-0.3, -0.25) is 4.79 Å². The van der Waals surface area contributed by atoms with Crippen LogP contribution in [0.2, 0.25) is 10.0 Å². The topological polar surface area (TPSA) is 74.6 Å². The van der Waals surface area contributed by atoms with Gasteiger partial charge in [-0.25, -0.2) is 9.37 Å². The van der Waals surface area contributed by atoms with Crippen LogP contribution in [0.5, 0.6) is 0 Å². The van der Waals surface area contributed by atoms with Gasteiger partial charge in [0.15, 0.2) is 11.8 Å². The number of halogens is 3. The molecule has 3 aromatic carbocycles. The molecule has 2 heterocycles. The van der Waals surface area contributed by atoms with Gasteiger partial charge >= 0.3 is 0 Å². The molecule has 1 aliphatic heterocycles. The second-order valence-corrected chi connectivity index (χ2v) is 11.3. The molecule has 42 heavy (non-hydrogen) atoms. The Kier molecular flexibility index (Phi) is 8.38. The van der Waals surface area contributed by atoms with Gasteiger partial charge in [0.1, 0.15) is 24.0 Å². The van der Waals surface area contributed by atoms with E-state index in [0.717, 1.165) is 37.7 Å². The molecular weight excluding hydrogens is 580 g/mol. The van der Waals surface area contributed by atoms with Crippen LogP contribution in [0.3, 0.4) is 0 Å². The van der Waals surface area contributed by atoms with Crippen molar-refractivity contribution in [3.63, 3.8) is 0 Å². The predicted molar refractivity (Wildman–Crippen MR) is 158 cm³/mol. The molecule has 1 amide bonds. The summed E-state index contributed by atoms with van der Waals surface area (Å²) in [6.45, 7) is 0. The van der Waals surface area contributed by atoms with Gasteiger partial charge in [0.25, 0.3) is 12.2 Å². The minimum Gasteiger partial charge on any atom is -0.455 e. The molecule has 1 aromatic heterocycles. The number of carbonyl (C=O) groups excluding carboxylic acids is 1. The first-order chi connectivity index (χ1) is 20.4. The highest BCUT2D eigenvalue weighted by Crippen LogP contribution is 2.41. The zero-order valence-corrected chi connectivity index (χ0v) is 24.4. The van der Waals surface area contributed by atoms with Crippen LogP contribution >= 0.6 is 23.2 Å². The molecule has 6 rings (SSSR count). The monoisotopic (exact) mass is 609 g/mol. The molecule has 10 heteroatoms. The van der Waals surface area contributed by atoms with E-state index in [1.165, 1.54) is 18.4 Å². The Hall–Kier alpha value is -3.59. The zero-order chi connectivity index (χ0) is 29.2. The maximum atomic E-state index is 14.7. The summed E-state index contributed by atoms with van der Waals surface area (Å²) in [6.07, 6.45) is 4.89. The maximum Gasteiger partial charge on any atom is 0.268 e. The molecule has 3 unspecified atom stereocenters. The van der Waals surface area contributed by atoms with E-state index in [0.29, 0.717) is 27.4 Å². The van der Waals surface area contributed by atoms with Gasteiger partial charge in [0.05, 0.1) is 26.6 Å². The summed E-state index contributed by atoms with van der Waals surface area (Å²) in [7, 11) is 1.56. The lowest BCUT2D eigenvalue weighted by Crippen LogP contribution is -2.42. The number of fused-ring (bicyclic) bond motifs is 1. The number of ether oxygens (including phenoxy) is 3. The number of nitrogens with one attached hydrogen (secondary N) is 1. The van der Waals surface area contributed by atoms with E-state index in [1.54, 1.807) is 23.8 Å². The van der Waals surface area contributed by atoms with Gasteiger partial charge in [-0.05, 0) is 30.5 Å². The molecule has 2 aliphatic rings. The summed E-state index contributed by atoms with van der Waals surface area (Å²) < 4.78 is 34.6. The van der Waals surface area contributed by atoms with Crippen molar-refractivity contribution >= 4 is 40.1 Å². The van der Waals surface area contributed by atoms with E-state index in [-0.39, 0.29) is 22.7 Å². The third kappa shape index (κ3) is 5.59. The SMILES string of the molecule is COC(c1ccccc1)c1nc2cc(F)c(Cl)cc2n1C(C(=O)NC1CCCCC1)C1=COC(c2ccccc2Cl)O1. The van der Waals surface area contributed by atoms with Crippen LogP contribution in [0.15, 0.2) is 78.8 Å². The van der Waals surface area contributed by atoms with Gasteiger partial charge < -0.3 is 24.1 Å². The Morgan fingerprint density at radius 1 is 1.05 bits per heavy atom. The first kappa shape index (κ1) is 28.5. The first-order valence-corrected chi connectivity index (χ1v) is 14.7. The summed E-state index contributed by atoms with van der Waals surface area (Å²) >= 11 is 12.7. The Balaban J connectivity index is 1.49. The molecule has 7 nitrogen and oxygen atoms in total. The number of imidazole rings is 1. The van der Waals surface area contributed by atoms with Crippen molar-refractivity contribution in [1.82, 2.24) is 14.9 Å². The van der Waals surface area contributed by atoms with Crippen molar-refractivity contribution in [2.45, 2.75) is 56.6 Å². The Bertz CT molecular complexity index is 1620. The second kappa shape index (κ2) is 12.3. The maximum absolute atomic E-state index is 14.7. The fraction of sp³-hybridized carbons (Fsp3) is 0.312. The number of aromatic nitrogens is 2. The van der Waals surface area contributed by atoms with Crippen molar-refractivity contribution < 1.29 is 23.4 Å². The van der Waals surface area contributed by atoms with E-state index in [2.05, 4.69) is 5.32 Å². The van der Waals surface area contributed by atoms with E-state index in [1.807, 2.05) is 42.5 Å². The second-order valence-electron chi connectivity index (χ2n) is 10.5. The lowest BCUT2D eigenvalue weighted by molar-refractivity contribution is -0.126. The Morgan fingerprint density at radius 3 is 2.52 bits per heavy atom. The molecule has 1 saturated carbocycles. The number of amides is 1. The summed E-state index contributed by atoms with van der Waals surface area (Å²) in [5.74, 6) is -0.289. The molecule has 0 saturated heterocycles. The number of carbonyl (C=O) groups is 1. The van der Waals surface area contributed by atoms with Gasteiger partial charge in [-0.2, -0.15) is 0 Å². The van der Waals surface area contributed by atoms with Gasteiger partial charge in [0, 0.05) is 19.2 Å². The molecule has 0 spiro atoms. The normalized spacial score (nSPS) is 18.7. The molecule has 1 N–H and O–H groups in total. The van der Waals surface area contributed by atoms with Crippen LogP contribution in [-0.2, 0) is 19.0 Å². The summed E-state index contributed by atoms with van der Waals surface area (Å²) in [6, 6.07) is 18.4. The van der Waals surface area contributed by atoms with Gasteiger partial charge in [-0.15, -0.1) is 0 Å². The van der Waals surface area contributed by atoms with Crippen LogP contribution in [0.1, 0.15) is 67.5 Å². The van der Waals surface area contributed by atoms with Crippen LogP contribution < -0.4 is 5.32 Å². The number of hydrogen-bond acceptors (Lipinski definition) is 5. The van der Waals surface area contributed by atoms with Crippen molar-refractivity contribution in [2.75, 3.05) is 7.11 Å². The first-order valence-electron chi connectivity index (χ1n) is 14.0. The number of methoxy groups -OCH3 is 1. The van der Waals surface area contributed by atoms with E-state index < -0.39 is 24.3 Å². The fourth-order valence-electron chi connectivity index (χ4n) is 5.72. The van der Waals surface area contributed by atoms with Crippen LogP contribution in [-0.4, -0.2) is 28.6 Å². The van der Waals surface area contributed by atoms with Gasteiger partial charge in [0.2, 0.25) is 0 Å². The summed E-state index contributed by atoms with van der Waals surface area (Å²) in [4.78, 5) is 19.1. The molecule has 4 aromatic rings. The predicted octanol–water partition coefficient (Wildman–Crippen LogP) is 7.80. The lowest BCUT2D eigenvalue weighted by Gasteiger charge is -2.28. The standard InChI is InChI=1S/C32H30Cl2FN3O4/c1-40-29(19-10-4-2-5-11-19)30-37-25-17-24(35)23(34)16-26(25)38(30)28(31(39)36-20-12-6-3-7-13-20)27-18-41-32(42-27)21-14-8-9-15-22(21)33/h2,4-5,8-11,14-18,20,28-29,32H,3,6-7,12-13H2,1H3,(H,36,39). The highest BCUT2D eigenvalue weighted by molar-refractivity contribution is 6.31. The summed E-state index contributed by atoms with van der Waals surface area (Å²) in [5.41, 5.74) is 2.20. The quantitative estimate of drug-likeness (QED) is 0.221. The Morgan fingerprint density at radius 2 is 1.79 bits per heavy atom. The molecular formula is C32H30Cl2FN3O4. The number of rotatable bonds is 8. The molecule has 3 atom stereocenters. The third-order valence-corrected chi connectivity index (χ3v) is 8.40. The summed E-state index contributed by atoms with van der Waals surface area (Å²) in [5, 5.41) is 3.60. The number of hydrogen-bond donors (Lipinski definition) is 1. The average Bonchev–Trinajstić information content (AvgIpc) is 3.61. The zero-order valence-electron chi connectivity index (χ0n) is 22.9. The fourth-order valence-corrected chi connectivity index (χ4v) is 6.11. The Labute approximate surface area is 253 Å². The molecule has 1 fully saturated rings. The van der Waals surface area contributed by atoms with Crippen molar-refractivity contribution in [3.05, 3.63) is 112 Å². The van der Waals surface area contributed by atoms with E-state index in [4.69, 9.17) is 42.4 Å². The smallest absolute Gasteiger partial charge is 0.268 e. The highest BCUT2D eigenvalue weighted by Gasteiger charge is 2.39.